The van der Waals surface area contributed by atoms with Gasteiger partial charge in [-0.25, -0.2) is 0 Å². The number of benzene rings is 1. The van der Waals surface area contributed by atoms with Crippen molar-refractivity contribution >= 4 is 5.91 Å². The highest BCUT2D eigenvalue weighted by atomic mass is 16.5. The number of nitrogens with zero attached hydrogens (tertiary/aromatic N) is 1. The fourth-order valence-corrected chi connectivity index (χ4v) is 3.66. The van der Waals surface area contributed by atoms with Gasteiger partial charge in [0.1, 0.15) is 5.75 Å². The van der Waals surface area contributed by atoms with Crippen LogP contribution >= 0.6 is 0 Å². The third-order valence-electron chi connectivity index (χ3n) is 5.65. The van der Waals surface area contributed by atoms with Crippen molar-refractivity contribution in [2.24, 2.45) is 5.41 Å². The van der Waals surface area contributed by atoms with E-state index in [0.29, 0.717) is 6.61 Å². The molecule has 1 fully saturated rings. The first-order valence-corrected chi connectivity index (χ1v) is 11.9. The van der Waals surface area contributed by atoms with E-state index in [1.165, 1.54) is 5.57 Å². The maximum atomic E-state index is 12.8. The second-order valence-corrected chi connectivity index (χ2v) is 8.54. The lowest BCUT2D eigenvalue weighted by molar-refractivity contribution is -0.130. The highest BCUT2D eigenvalue weighted by Crippen LogP contribution is 2.24. The molecule has 1 N–H and O–H groups in total. The van der Waals surface area contributed by atoms with Crippen LogP contribution in [0.5, 0.6) is 5.75 Å². The first-order chi connectivity index (χ1) is 14.9. The van der Waals surface area contributed by atoms with Gasteiger partial charge in [0.05, 0.1) is 6.61 Å². The molecule has 1 heterocycles. The van der Waals surface area contributed by atoms with Gasteiger partial charge in [0, 0.05) is 31.1 Å². The number of rotatable bonds is 10. The Kier molecular flexibility index (Phi) is 12.9. The van der Waals surface area contributed by atoms with Crippen molar-refractivity contribution in [3.8, 4) is 5.75 Å². The molecular weight excluding hydrogens is 384 g/mol. The molecule has 2 rings (SSSR count). The summed E-state index contributed by atoms with van der Waals surface area (Å²) in [6.45, 7) is 15.9. The molecule has 0 aromatic heterocycles. The SMILES string of the molecule is C/C=C\C(=C/C)CN1CCC(NC(=O)C(C)(C)CCCOc2ccccc2)CC1.CC. The van der Waals surface area contributed by atoms with Crippen molar-refractivity contribution in [3.63, 3.8) is 0 Å². The molecule has 31 heavy (non-hydrogen) atoms. The first-order valence-electron chi connectivity index (χ1n) is 11.9. The second-order valence-electron chi connectivity index (χ2n) is 8.54. The van der Waals surface area contributed by atoms with Gasteiger partial charge in [-0.1, -0.05) is 64.1 Å². The molecule has 1 aliphatic heterocycles. The van der Waals surface area contributed by atoms with Gasteiger partial charge in [-0.2, -0.15) is 0 Å². The summed E-state index contributed by atoms with van der Waals surface area (Å²) in [6.07, 6.45) is 10.2. The first kappa shape index (κ1) is 27.0. The Bertz CT molecular complexity index is 672. The van der Waals surface area contributed by atoms with Crippen molar-refractivity contribution in [1.82, 2.24) is 10.2 Å². The van der Waals surface area contributed by atoms with Crippen molar-refractivity contribution in [1.29, 1.82) is 0 Å². The molecule has 1 saturated heterocycles. The van der Waals surface area contributed by atoms with Crippen LogP contribution in [0.15, 0.2) is 54.1 Å². The predicted octanol–water partition coefficient (Wildman–Crippen LogP) is 6.00. The van der Waals surface area contributed by atoms with Crippen LogP contribution < -0.4 is 10.1 Å². The molecule has 1 aromatic rings. The number of hydrogen-bond donors (Lipinski definition) is 1. The molecule has 0 unspecified atom stereocenters. The van der Waals surface area contributed by atoms with E-state index < -0.39 is 0 Å². The molecule has 0 bridgehead atoms. The monoisotopic (exact) mass is 428 g/mol. The van der Waals surface area contributed by atoms with Crippen LogP contribution in [0, 0.1) is 5.41 Å². The zero-order valence-corrected chi connectivity index (χ0v) is 20.6. The molecule has 0 atom stereocenters. The number of allylic oxidation sites excluding steroid dienone is 2. The fourth-order valence-electron chi connectivity index (χ4n) is 3.66. The fraction of sp³-hybridized carbons (Fsp3) is 0.593. The van der Waals surface area contributed by atoms with Crippen molar-refractivity contribution in [3.05, 3.63) is 54.1 Å². The number of carbonyl (C=O) groups is 1. The van der Waals surface area contributed by atoms with E-state index in [4.69, 9.17) is 4.74 Å². The highest BCUT2D eigenvalue weighted by Gasteiger charge is 2.30. The van der Waals surface area contributed by atoms with Crippen LogP contribution in [0.2, 0.25) is 0 Å². The summed E-state index contributed by atoms with van der Waals surface area (Å²) in [5, 5.41) is 3.30. The molecule has 0 saturated carbocycles. The number of amides is 1. The van der Waals surface area contributed by atoms with Crippen LogP contribution in [-0.2, 0) is 4.79 Å². The Morgan fingerprint density at radius 1 is 1.16 bits per heavy atom. The minimum Gasteiger partial charge on any atom is -0.494 e. The van der Waals surface area contributed by atoms with Gasteiger partial charge in [-0.3, -0.25) is 9.69 Å². The maximum Gasteiger partial charge on any atom is 0.225 e. The summed E-state index contributed by atoms with van der Waals surface area (Å²) in [7, 11) is 0. The lowest BCUT2D eigenvalue weighted by Gasteiger charge is -2.34. The molecule has 1 aromatic carbocycles. The van der Waals surface area contributed by atoms with Crippen LogP contribution in [0.25, 0.3) is 0 Å². The lowest BCUT2D eigenvalue weighted by atomic mass is 9.86. The molecule has 0 spiro atoms. The number of carbonyl (C=O) groups excluding carboxylic acids is 1. The van der Waals surface area contributed by atoms with E-state index in [1.54, 1.807) is 0 Å². The Labute approximate surface area is 190 Å². The van der Waals surface area contributed by atoms with Crippen molar-refractivity contribution in [2.45, 2.75) is 73.3 Å². The summed E-state index contributed by atoms with van der Waals surface area (Å²) >= 11 is 0. The van der Waals surface area contributed by atoms with Crippen LogP contribution in [-0.4, -0.2) is 43.1 Å². The summed E-state index contributed by atoms with van der Waals surface area (Å²) < 4.78 is 5.75. The average Bonchev–Trinajstić information content (AvgIpc) is 2.79. The van der Waals surface area contributed by atoms with E-state index in [1.807, 2.05) is 58.0 Å². The molecule has 1 amide bonds. The zero-order valence-electron chi connectivity index (χ0n) is 20.6. The summed E-state index contributed by atoms with van der Waals surface area (Å²) in [4.78, 5) is 15.3. The topological polar surface area (TPSA) is 41.6 Å². The number of nitrogens with one attached hydrogen (secondary N) is 1. The van der Waals surface area contributed by atoms with Crippen LogP contribution in [0.4, 0.5) is 0 Å². The Balaban J connectivity index is 0.00000233. The summed E-state index contributed by atoms with van der Waals surface area (Å²) in [6, 6.07) is 10.1. The zero-order chi connectivity index (χ0) is 23.1. The van der Waals surface area contributed by atoms with E-state index in [9.17, 15) is 4.79 Å². The van der Waals surface area contributed by atoms with Gasteiger partial charge < -0.3 is 10.1 Å². The summed E-state index contributed by atoms with van der Waals surface area (Å²) in [5.41, 5.74) is 0.982. The number of piperidine rings is 1. The van der Waals surface area contributed by atoms with E-state index in [-0.39, 0.29) is 17.4 Å². The molecule has 0 aliphatic carbocycles. The largest absolute Gasteiger partial charge is 0.494 e. The number of hydrogen-bond acceptors (Lipinski definition) is 3. The van der Waals surface area contributed by atoms with E-state index in [0.717, 1.165) is 51.1 Å². The van der Waals surface area contributed by atoms with Gasteiger partial charge in [-0.05, 0) is 57.2 Å². The average molecular weight is 429 g/mol. The van der Waals surface area contributed by atoms with Crippen molar-refractivity contribution < 1.29 is 9.53 Å². The number of para-hydroxylation sites is 1. The smallest absolute Gasteiger partial charge is 0.225 e. The molecule has 0 radical (unpaired) electrons. The predicted molar refractivity (Wildman–Crippen MR) is 132 cm³/mol. The number of likely N-dealkylation sites (tertiary alicyclic amines) is 1. The molecule has 174 valence electrons. The quantitative estimate of drug-likeness (QED) is 0.367. The Morgan fingerprint density at radius 2 is 1.81 bits per heavy atom. The minimum absolute atomic E-state index is 0.165. The Morgan fingerprint density at radius 3 is 2.39 bits per heavy atom. The molecular formula is C27H44N2O2. The van der Waals surface area contributed by atoms with Gasteiger partial charge >= 0.3 is 0 Å². The van der Waals surface area contributed by atoms with E-state index in [2.05, 4.69) is 42.3 Å². The third-order valence-corrected chi connectivity index (χ3v) is 5.65. The van der Waals surface area contributed by atoms with Crippen molar-refractivity contribution in [2.75, 3.05) is 26.2 Å². The molecule has 4 nitrogen and oxygen atoms in total. The standard InChI is InChI=1S/C25H38N2O2.C2H6/c1-5-11-21(6-2)20-27-17-14-22(15-18-27)26-24(28)25(3,4)16-10-19-29-23-12-8-7-9-13-23;1-2/h5-9,11-13,22H,10,14-20H2,1-4H3,(H,26,28);1-2H3/b11-5-,21-6+;. The van der Waals surface area contributed by atoms with Gasteiger partial charge in [-0.15, -0.1) is 0 Å². The molecule has 4 heteroatoms. The summed E-state index contributed by atoms with van der Waals surface area (Å²) in [5.74, 6) is 1.05. The van der Waals surface area contributed by atoms with E-state index >= 15 is 0 Å². The minimum atomic E-state index is -0.374. The van der Waals surface area contributed by atoms with Crippen LogP contribution in [0.3, 0.4) is 0 Å². The molecule has 1 aliphatic rings. The lowest BCUT2D eigenvalue weighted by Crippen LogP contribution is -2.48. The van der Waals surface area contributed by atoms with Gasteiger partial charge in [0.15, 0.2) is 0 Å². The number of ether oxygens (including phenoxy) is 1. The third kappa shape index (κ3) is 10.2. The normalized spacial score (nSPS) is 16.0. The highest BCUT2D eigenvalue weighted by molar-refractivity contribution is 5.82. The van der Waals surface area contributed by atoms with Gasteiger partial charge in [0.2, 0.25) is 5.91 Å². The second kappa shape index (κ2) is 14.9. The Hall–Kier alpha value is -2.07. The maximum absolute atomic E-state index is 12.8. The van der Waals surface area contributed by atoms with Crippen LogP contribution in [0.1, 0.15) is 67.2 Å². The van der Waals surface area contributed by atoms with Gasteiger partial charge in [0.25, 0.3) is 0 Å².